The maximum Gasteiger partial charge on any atom is 0.410 e. The van der Waals surface area contributed by atoms with Crippen LogP contribution < -0.4 is 0 Å². The number of hydrogen-bond acceptors (Lipinski definition) is 6. The van der Waals surface area contributed by atoms with Gasteiger partial charge in [-0.25, -0.2) is 14.3 Å². The summed E-state index contributed by atoms with van der Waals surface area (Å²) in [4.78, 5) is 21.2. The Morgan fingerprint density at radius 2 is 1.97 bits per heavy atom. The zero-order chi connectivity index (χ0) is 22.9. The third kappa shape index (κ3) is 5.02. The van der Waals surface area contributed by atoms with Gasteiger partial charge in [0.15, 0.2) is 5.65 Å². The van der Waals surface area contributed by atoms with Gasteiger partial charge in [-0.05, 0) is 61.6 Å². The first-order valence-electron chi connectivity index (χ1n) is 10.5. The van der Waals surface area contributed by atoms with Gasteiger partial charge in [-0.1, -0.05) is 12.1 Å². The number of benzene rings is 1. The summed E-state index contributed by atoms with van der Waals surface area (Å²) in [6.07, 6.45) is 1.67. The summed E-state index contributed by atoms with van der Waals surface area (Å²) in [5.74, 6) is 0. The zero-order valence-corrected chi connectivity index (χ0v) is 20.5. The fourth-order valence-corrected chi connectivity index (χ4v) is 4.38. The van der Waals surface area contributed by atoms with Crippen LogP contribution in [0.2, 0.25) is 0 Å². The lowest BCUT2D eigenvalue weighted by atomic mass is 10.1. The highest BCUT2D eigenvalue weighted by Gasteiger charge is 2.26. The number of hydrogen-bond donors (Lipinski definition) is 0. The van der Waals surface area contributed by atoms with Gasteiger partial charge < -0.3 is 9.64 Å². The molecular weight excluding hydrogens is 519 g/mol. The van der Waals surface area contributed by atoms with Crippen molar-refractivity contribution in [2.45, 2.75) is 32.9 Å². The summed E-state index contributed by atoms with van der Waals surface area (Å²) in [5.41, 5.74) is 3.60. The van der Waals surface area contributed by atoms with Crippen molar-refractivity contribution in [2.75, 3.05) is 26.2 Å². The second-order valence-electron chi connectivity index (χ2n) is 8.79. The molecule has 0 bridgehead atoms. The molecule has 2 aromatic heterocycles. The van der Waals surface area contributed by atoms with Crippen molar-refractivity contribution in [3.8, 4) is 17.3 Å². The number of ether oxygens (including phenoxy) is 1. The van der Waals surface area contributed by atoms with Gasteiger partial charge in [0.2, 0.25) is 0 Å². The average Bonchev–Trinajstić information content (AvgIpc) is 3.09. The number of amides is 1. The van der Waals surface area contributed by atoms with Crippen LogP contribution >= 0.6 is 22.6 Å². The van der Waals surface area contributed by atoms with Gasteiger partial charge in [0.25, 0.3) is 0 Å². The molecule has 1 amide bonds. The standard InChI is InChI=1S/C23H25IN6O2/c1-23(2,3)32-22(31)29-11-9-28(10-12-29)15-18-7-8-30-21(26-18)19(24)20(27-30)17-6-4-5-16(13-17)14-25/h4-8,13H,9-12,15H2,1-3H3. The molecule has 1 saturated heterocycles. The number of carbonyl (C=O) groups is 1. The summed E-state index contributed by atoms with van der Waals surface area (Å²) in [7, 11) is 0. The highest BCUT2D eigenvalue weighted by Crippen LogP contribution is 2.27. The number of carbonyl (C=O) groups excluding carboxylic acids is 1. The molecule has 9 heteroatoms. The van der Waals surface area contributed by atoms with Gasteiger partial charge in [-0.3, -0.25) is 4.90 Å². The number of fused-ring (bicyclic) bond motifs is 1. The molecule has 32 heavy (non-hydrogen) atoms. The fraction of sp³-hybridized carbons (Fsp3) is 0.391. The first-order valence-corrected chi connectivity index (χ1v) is 11.6. The largest absolute Gasteiger partial charge is 0.444 e. The number of nitrogens with zero attached hydrogens (tertiary/aromatic N) is 6. The SMILES string of the molecule is CC(C)(C)OC(=O)N1CCN(Cc2ccn3nc(-c4cccc(C#N)c4)c(I)c3n2)CC1. The van der Waals surface area contributed by atoms with E-state index in [-0.39, 0.29) is 6.09 Å². The van der Waals surface area contributed by atoms with Crippen LogP contribution in [-0.4, -0.2) is 62.3 Å². The molecule has 0 atom stereocenters. The molecular formula is C23H25IN6O2. The molecule has 0 saturated carbocycles. The molecule has 3 aromatic rings. The number of aromatic nitrogens is 3. The van der Waals surface area contributed by atoms with Gasteiger partial charge in [0.05, 0.1) is 20.9 Å². The Morgan fingerprint density at radius 3 is 2.66 bits per heavy atom. The molecule has 1 aliphatic heterocycles. The van der Waals surface area contributed by atoms with E-state index in [2.05, 4.69) is 38.7 Å². The van der Waals surface area contributed by atoms with Crippen molar-refractivity contribution in [1.29, 1.82) is 5.26 Å². The molecule has 1 fully saturated rings. The maximum atomic E-state index is 12.3. The van der Waals surface area contributed by atoms with Gasteiger partial charge in [-0.2, -0.15) is 10.4 Å². The van der Waals surface area contributed by atoms with Crippen LogP contribution in [0.4, 0.5) is 4.79 Å². The van der Waals surface area contributed by atoms with Crippen molar-refractivity contribution in [3.63, 3.8) is 0 Å². The van der Waals surface area contributed by atoms with Crippen molar-refractivity contribution in [3.05, 3.63) is 51.4 Å². The smallest absolute Gasteiger partial charge is 0.410 e. The number of halogens is 1. The molecule has 0 aliphatic carbocycles. The Bertz CT molecular complexity index is 1190. The lowest BCUT2D eigenvalue weighted by molar-refractivity contribution is 0.0138. The molecule has 0 spiro atoms. The molecule has 1 aromatic carbocycles. The van der Waals surface area contributed by atoms with Gasteiger partial charge in [-0.15, -0.1) is 0 Å². The first-order chi connectivity index (χ1) is 15.2. The third-order valence-corrected chi connectivity index (χ3v) is 6.15. The van der Waals surface area contributed by atoms with E-state index in [0.717, 1.165) is 39.3 Å². The molecule has 166 valence electrons. The van der Waals surface area contributed by atoms with Crippen LogP contribution in [0.15, 0.2) is 36.5 Å². The van der Waals surface area contributed by atoms with Gasteiger partial charge in [0.1, 0.15) is 11.3 Å². The lowest BCUT2D eigenvalue weighted by Crippen LogP contribution is -2.49. The zero-order valence-electron chi connectivity index (χ0n) is 18.4. The highest BCUT2D eigenvalue weighted by molar-refractivity contribution is 14.1. The Hall–Kier alpha value is -2.71. The van der Waals surface area contributed by atoms with Crippen LogP contribution in [0.3, 0.4) is 0 Å². The van der Waals surface area contributed by atoms with E-state index in [4.69, 9.17) is 9.72 Å². The number of nitriles is 1. The van der Waals surface area contributed by atoms with E-state index in [1.165, 1.54) is 0 Å². The van der Waals surface area contributed by atoms with Crippen molar-refractivity contribution < 1.29 is 9.53 Å². The molecule has 0 radical (unpaired) electrons. The predicted octanol–water partition coefficient (Wildman–Crippen LogP) is 3.93. The maximum absolute atomic E-state index is 12.3. The summed E-state index contributed by atoms with van der Waals surface area (Å²) in [5, 5.41) is 13.9. The summed E-state index contributed by atoms with van der Waals surface area (Å²) >= 11 is 2.27. The lowest BCUT2D eigenvalue weighted by Gasteiger charge is -2.35. The van der Waals surface area contributed by atoms with E-state index in [1.807, 2.05) is 51.2 Å². The Balaban J connectivity index is 1.45. The Labute approximate surface area is 200 Å². The minimum atomic E-state index is -0.481. The Kier molecular flexibility index (Phi) is 6.35. The minimum absolute atomic E-state index is 0.251. The second-order valence-corrected chi connectivity index (χ2v) is 9.86. The topological polar surface area (TPSA) is 86.8 Å². The Morgan fingerprint density at radius 1 is 1.22 bits per heavy atom. The van der Waals surface area contributed by atoms with Crippen LogP contribution in [0, 0.1) is 14.9 Å². The number of piperazine rings is 1. The summed E-state index contributed by atoms with van der Waals surface area (Å²) in [6, 6.07) is 11.6. The van der Waals surface area contributed by atoms with Crippen LogP contribution in [0.5, 0.6) is 0 Å². The predicted molar refractivity (Wildman–Crippen MR) is 129 cm³/mol. The molecule has 0 unspecified atom stereocenters. The highest BCUT2D eigenvalue weighted by atomic mass is 127. The van der Waals surface area contributed by atoms with E-state index in [0.29, 0.717) is 25.2 Å². The van der Waals surface area contributed by atoms with E-state index < -0.39 is 5.60 Å². The fourth-order valence-electron chi connectivity index (χ4n) is 3.59. The van der Waals surface area contributed by atoms with Crippen molar-refractivity contribution in [1.82, 2.24) is 24.4 Å². The molecule has 0 N–H and O–H groups in total. The van der Waals surface area contributed by atoms with E-state index in [9.17, 15) is 10.1 Å². The quantitative estimate of drug-likeness (QED) is 0.465. The molecule has 3 heterocycles. The van der Waals surface area contributed by atoms with Crippen molar-refractivity contribution in [2.24, 2.45) is 0 Å². The van der Waals surface area contributed by atoms with Gasteiger partial charge in [0, 0.05) is 44.5 Å². The minimum Gasteiger partial charge on any atom is -0.444 e. The van der Waals surface area contributed by atoms with Crippen LogP contribution in [-0.2, 0) is 11.3 Å². The van der Waals surface area contributed by atoms with Crippen LogP contribution in [0.1, 0.15) is 32.0 Å². The third-order valence-electron chi connectivity index (χ3n) is 5.16. The molecule has 1 aliphatic rings. The van der Waals surface area contributed by atoms with Gasteiger partial charge >= 0.3 is 6.09 Å². The van der Waals surface area contributed by atoms with Crippen LogP contribution in [0.25, 0.3) is 16.9 Å². The second kappa shape index (κ2) is 9.03. The molecule has 8 nitrogen and oxygen atoms in total. The van der Waals surface area contributed by atoms with E-state index >= 15 is 0 Å². The number of rotatable bonds is 3. The summed E-state index contributed by atoms with van der Waals surface area (Å²) < 4.78 is 8.20. The molecule has 4 rings (SSSR count). The van der Waals surface area contributed by atoms with Crippen molar-refractivity contribution >= 4 is 34.3 Å². The monoisotopic (exact) mass is 544 g/mol. The average molecular weight is 544 g/mol. The summed E-state index contributed by atoms with van der Waals surface area (Å²) in [6.45, 7) is 9.18. The van der Waals surface area contributed by atoms with E-state index in [1.54, 1.807) is 15.5 Å². The normalized spacial score (nSPS) is 15.0. The first kappa shape index (κ1) is 22.5.